The lowest BCUT2D eigenvalue weighted by Crippen LogP contribution is -2.33. The smallest absolute Gasteiger partial charge is 0.0571 e. The number of rotatable bonds is 3. The Hall–Kier alpha value is -0.0400. The van der Waals surface area contributed by atoms with E-state index in [-0.39, 0.29) is 6.10 Å². The zero-order valence-corrected chi connectivity index (χ0v) is 10.4. The molecule has 0 aromatic carbocycles. The van der Waals surface area contributed by atoms with Crippen LogP contribution in [0, 0.1) is 23.7 Å². The summed E-state index contributed by atoms with van der Waals surface area (Å²) >= 11 is 0. The molecule has 0 spiro atoms. The maximum Gasteiger partial charge on any atom is 0.0571 e. The zero-order valence-electron chi connectivity index (χ0n) is 10.4. The van der Waals surface area contributed by atoms with Crippen molar-refractivity contribution in [2.45, 2.75) is 70.3 Å². The molecule has 4 atom stereocenters. The average Bonchev–Trinajstić information content (AvgIpc) is 3.12. The average molecular weight is 222 g/mol. The fourth-order valence-electron chi connectivity index (χ4n) is 4.15. The lowest BCUT2D eigenvalue weighted by molar-refractivity contribution is 0.0282. The van der Waals surface area contributed by atoms with Crippen LogP contribution >= 0.6 is 0 Å². The van der Waals surface area contributed by atoms with Crippen LogP contribution in [-0.4, -0.2) is 11.2 Å². The van der Waals surface area contributed by atoms with Gasteiger partial charge in [-0.25, -0.2) is 0 Å². The van der Waals surface area contributed by atoms with E-state index in [1.807, 2.05) is 0 Å². The van der Waals surface area contributed by atoms with E-state index in [2.05, 4.69) is 0 Å². The van der Waals surface area contributed by atoms with Crippen molar-refractivity contribution in [2.24, 2.45) is 23.7 Å². The van der Waals surface area contributed by atoms with Gasteiger partial charge in [0.2, 0.25) is 0 Å². The monoisotopic (exact) mass is 222 g/mol. The largest absolute Gasteiger partial charge is 0.393 e. The molecule has 1 N–H and O–H groups in total. The summed E-state index contributed by atoms with van der Waals surface area (Å²) in [5.74, 6) is 3.54. The normalized spacial score (nSPS) is 41.4. The number of aliphatic hydroxyl groups excluding tert-OH is 1. The predicted octanol–water partition coefficient (Wildman–Crippen LogP) is 3.75. The molecule has 0 saturated heterocycles. The molecule has 0 aromatic heterocycles. The van der Waals surface area contributed by atoms with Crippen LogP contribution in [0.5, 0.6) is 0 Å². The molecule has 3 aliphatic carbocycles. The van der Waals surface area contributed by atoms with E-state index in [1.54, 1.807) is 0 Å². The van der Waals surface area contributed by atoms with Crippen LogP contribution in [0.1, 0.15) is 64.2 Å². The van der Waals surface area contributed by atoms with E-state index >= 15 is 0 Å². The van der Waals surface area contributed by atoms with Gasteiger partial charge >= 0.3 is 0 Å². The standard InChI is InChI=1S/C15H26O/c16-15(9-11-5-6-11)14-8-7-12-3-1-2-4-13(12)10-14/h11-16H,1-10H2. The second-order valence-electron chi connectivity index (χ2n) is 6.62. The number of aliphatic hydroxyl groups is 1. The lowest BCUT2D eigenvalue weighted by Gasteiger charge is -2.40. The predicted molar refractivity (Wildman–Crippen MR) is 66.1 cm³/mol. The second kappa shape index (κ2) is 4.68. The summed E-state index contributed by atoms with van der Waals surface area (Å²) in [5.41, 5.74) is 0. The number of fused-ring (bicyclic) bond motifs is 1. The Balaban J connectivity index is 1.52. The van der Waals surface area contributed by atoms with Crippen LogP contribution in [0.4, 0.5) is 0 Å². The fraction of sp³-hybridized carbons (Fsp3) is 1.00. The summed E-state index contributed by atoms with van der Waals surface area (Å²) in [4.78, 5) is 0. The first-order valence-corrected chi connectivity index (χ1v) is 7.51. The van der Waals surface area contributed by atoms with Gasteiger partial charge in [0.15, 0.2) is 0 Å². The summed E-state index contributed by atoms with van der Waals surface area (Å²) in [6.07, 6.45) is 13.9. The van der Waals surface area contributed by atoms with E-state index < -0.39 is 0 Å². The molecule has 3 aliphatic rings. The summed E-state index contributed by atoms with van der Waals surface area (Å²) < 4.78 is 0. The van der Waals surface area contributed by atoms with Crippen molar-refractivity contribution in [2.75, 3.05) is 0 Å². The van der Waals surface area contributed by atoms with Crippen molar-refractivity contribution in [1.82, 2.24) is 0 Å². The maximum atomic E-state index is 10.3. The SMILES string of the molecule is OC(CC1CC1)C1CCC2CCCCC2C1. The first kappa shape index (κ1) is 11.1. The van der Waals surface area contributed by atoms with Gasteiger partial charge in [0.1, 0.15) is 0 Å². The molecule has 4 unspecified atom stereocenters. The van der Waals surface area contributed by atoms with E-state index in [1.165, 1.54) is 57.8 Å². The van der Waals surface area contributed by atoms with E-state index in [4.69, 9.17) is 0 Å². The lowest BCUT2D eigenvalue weighted by atomic mass is 9.66. The Bertz CT molecular complexity index is 234. The second-order valence-corrected chi connectivity index (χ2v) is 6.62. The molecule has 16 heavy (non-hydrogen) atoms. The van der Waals surface area contributed by atoms with Crippen LogP contribution in [0.3, 0.4) is 0 Å². The van der Waals surface area contributed by atoms with Gasteiger partial charge in [-0.1, -0.05) is 38.5 Å². The molecule has 0 amide bonds. The van der Waals surface area contributed by atoms with Gasteiger partial charge in [0, 0.05) is 0 Å². The molecule has 1 nitrogen and oxygen atoms in total. The third-order valence-electron chi connectivity index (χ3n) is 5.40. The van der Waals surface area contributed by atoms with Crippen molar-refractivity contribution in [1.29, 1.82) is 0 Å². The number of hydrogen-bond donors (Lipinski definition) is 1. The summed E-state index contributed by atoms with van der Waals surface area (Å²) in [5, 5.41) is 10.3. The molecule has 1 heteroatoms. The van der Waals surface area contributed by atoms with Crippen molar-refractivity contribution in [3.8, 4) is 0 Å². The Morgan fingerprint density at radius 3 is 2.38 bits per heavy atom. The van der Waals surface area contributed by atoms with Crippen LogP contribution in [-0.2, 0) is 0 Å². The highest BCUT2D eigenvalue weighted by molar-refractivity contribution is 4.87. The molecule has 92 valence electrons. The zero-order chi connectivity index (χ0) is 11.0. The quantitative estimate of drug-likeness (QED) is 0.771. The molecule has 3 saturated carbocycles. The Morgan fingerprint density at radius 2 is 1.62 bits per heavy atom. The first-order chi connectivity index (χ1) is 7.83. The van der Waals surface area contributed by atoms with Gasteiger partial charge < -0.3 is 5.11 Å². The fourth-order valence-corrected chi connectivity index (χ4v) is 4.15. The van der Waals surface area contributed by atoms with Gasteiger partial charge in [-0.05, 0) is 49.4 Å². The van der Waals surface area contributed by atoms with Gasteiger partial charge in [-0.2, -0.15) is 0 Å². The van der Waals surface area contributed by atoms with Crippen LogP contribution in [0.2, 0.25) is 0 Å². The molecule has 3 rings (SSSR count). The van der Waals surface area contributed by atoms with Gasteiger partial charge in [-0.15, -0.1) is 0 Å². The minimum Gasteiger partial charge on any atom is -0.393 e. The Labute approximate surface area is 99.6 Å². The highest BCUT2D eigenvalue weighted by atomic mass is 16.3. The topological polar surface area (TPSA) is 20.2 Å². The van der Waals surface area contributed by atoms with Crippen molar-refractivity contribution < 1.29 is 5.11 Å². The van der Waals surface area contributed by atoms with E-state index in [0.29, 0.717) is 5.92 Å². The van der Waals surface area contributed by atoms with Gasteiger partial charge in [0.05, 0.1) is 6.10 Å². The molecular formula is C15H26O. The van der Waals surface area contributed by atoms with Crippen molar-refractivity contribution in [3.05, 3.63) is 0 Å². The molecule has 0 radical (unpaired) electrons. The minimum atomic E-state index is 0.0374. The molecule has 0 aliphatic heterocycles. The Morgan fingerprint density at radius 1 is 0.875 bits per heavy atom. The summed E-state index contributed by atoms with van der Waals surface area (Å²) in [6.45, 7) is 0. The molecular weight excluding hydrogens is 196 g/mol. The van der Waals surface area contributed by atoms with Crippen molar-refractivity contribution in [3.63, 3.8) is 0 Å². The van der Waals surface area contributed by atoms with E-state index in [0.717, 1.165) is 24.2 Å². The van der Waals surface area contributed by atoms with Gasteiger partial charge in [-0.3, -0.25) is 0 Å². The minimum absolute atomic E-state index is 0.0374. The first-order valence-electron chi connectivity index (χ1n) is 7.51. The third kappa shape index (κ3) is 2.45. The molecule has 3 fully saturated rings. The molecule has 0 aromatic rings. The van der Waals surface area contributed by atoms with E-state index in [9.17, 15) is 5.11 Å². The molecule has 0 bridgehead atoms. The van der Waals surface area contributed by atoms with Crippen LogP contribution in [0.15, 0.2) is 0 Å². The highest BCUT2D eigenvalue weighted by Gasteiger charge is 2.36. The van der Waals surface area contributed by atoms with Gasteiger partial charge in [0.25, 0.3) is 0 Å². The number of hydrogen-bond acceptors (Lipinski definition) is 1. The maximum absolute atomic E-state index is 10.3. The summed E-state index contributed by atoms with van der Waals surface area (Å²) in [7, 11) is 0. The Kier molecular flexibility index (Phi) is 3.24. The summed E-state index contributed by atoms with van der Waals surface area (Å²) in [6, 6.07) is 0. The van der Waals surface area contributed by atoms with Crippen LogP contribution in [0.25, 0.3) is 0 Å². The van der Waals surface area contributed by atoms with Crippen molar-refractivity contribution >= 4 is 0 Å². The third-order valence-corrected chi connectivity index (χ3v) is 5.40. The molecule has 0 heterocycles. The highest BCUT2D eigenvalue weighted by Crippen LogP contribution is 2.45. The van der Waals surface area contributed by atoms with Crippen LogP contribution < -0.4 is 0 Å².